The van der Waals surface area contributed by atoms with Gasteiger partial charge in [0.05, 0.1) is 6.10 Å². The van der Waals surface area contributed by atoms with Gasteiger partial charge in [0.2, 0.25) is 0 Å². The first-order chi connectivity index (χ1) is 6.50. The zero-order chi connectivity index (χ0) is 10.7. The first-order valence-corrected chi connectivity index (χ1v) is 5.87. The van der Waals surface area contributed by atoms with Crippen LogP contribution in [-0.2, 0) is 0 Å². The van der Waals surface area contributed by atoms with Crippen LogP contribution in [0.25, 0.3) is 0 Å². The molecule has 1 aromatic carbocycles. The zero-order valence-electron chi connectivity index (χ0n) is 8.09. The molecule has 0 aliphatic rings. The minimum absolute atomic E-state index is 0.549. The van der Waals surface area contributed by atoms with E-state index in [-0.39, 0.29) is 0 Å². The van der Waals surface area contributed by atoms with Gasteiger partial charge in [-0.3, -0.25) is 0 Å². The smallest absolute Gasteiger partial charge is 0.0985 e. The van der Waals surface area contributed by atoms with E-state index in [1.165, 1.54) is 0 Å². The Bertz CT molecular complexity index is 354. The first kappa shape index (κ1) is 12.0. The van der Waals surface area contributed by atoms with Crippen molar-refractivity contribution in [2.45, 2.75) is 20.0 Å². The van der Waals surface area contributed by atoms with E-state index in [0.717, 1.165) is 20.1 Å². The molecule has 0 saturated heterocycles. The minimum atomic E-state index is -0.549. The first-order valence-electron chi connectivity index (χ1n) is 4.28. The average molecular weight is 320 g/mol. The predicted octanol–water partition coefficient (Wildman–Crippen LogP) is 4.21. The SMILES string of the molecule is CC(C)=CC(O)c1cc(Br)ccc1Br. The number of aliphatic hydroxyl groups excluding tert-OH is 1. The third-order valence-corrected chi connectivity index (χ3v) is 2.98. The van der Waals surface area contributed by atoms with Crippen LogP contribution in [0.15, 0.2) is 38.8 Å². The van der Waals surface area contributed by atoms with Crippen LogP contribution in [0, 0.1) is 0 Å². The lowest BCUT2D eigenvalue weighted by molar-refractivity contribution is 0.227. The van der Waals surface area contributed by atoms with Crippen LogP contribution < -0.4 is 0 Å². The molecule has 0 aliphatic heterocycles. The Morgan fingerprint density at radius 2 is 2.00 bits per heavy atom. The van der Waals surface area contributed by atoms with E-state index in [1.807, 2.05) is 38.1 Å². The van der Waals surface area contributed by atoms with Crippen LogP contribution in [0.1, 0.15) is 25.5 Å². The van der Waals surface area contributed by atoms with E-state index in [1.54, 1.807) is 0 Å². The van der Waals surface area contributed by atoms with Crippen molar-refractivity contribution >= 4 is 31.9 Å². The summed E-state index contributed by atoms with van der Waals surface area (Å²) in [5.41, 5.74) is 1.98. The second kappa shape index (κ2) is 5.10. The van der Waals surface area contributed by atoms with Gasteiger partial charge in [-0.2, -0.15) is 0 Å². The summed E-state index contributed by atoms with van der Waals surface area (Å²) in [7, 11) is 0. The summed E-state index contributed by atoms with van der Waals surface area (Å²) < 4.78 is 1.89. The molecule has 0 amide bonds. The van der Waals surface area contributed by atoms with Crippen LogP contribution in [0.5, 0.6) is 0 Å². The molecule has 0 saturated carbocycles. The maximum atomic E-state index is 9.87. The lowest BCUT2D eigenvalue weighted by Gasteiger charge is -2.09. The molecule has 0 heterocycles. The number of aliphatic hydroxyl groups is 1. The molecule has 0 aliphatic carbocycles. The Morgan fingerprint density at radius 3 is 2.57 bits per heavy atom. The fraction of sp³-hybridized carbons (Fsp3) is 0.273. The van der Waals surface area contributed by atoms with Crippen LogP contribution in [0.4, 0.5) is 0 Å². The normalized spacial score (nSPS) is 12.4. The summed E-state index contributed by atoms with van der Waals surface area (Å²) in [6.07, 6.45) is 1.28. The molecule has 1 rings (SSSR count). The number of benzene rings is 1. The van der Waals surface area contributed by atoms with Gasteiger partial charge >= 0.3 is 0 Å². The second-order valence-electron chi connectivity index (χ2n) is 3.35. The van der Waals surface area contributed by atoms with Crippen molar-refractivity contribution in [1.29, 1.82) is 0 Å². The molecule has 14 heavy (non-hydrogen) atoms. The molecule has 1 unspecified atom stereocenters. The molecule has 1 N–H and O–H groups in total. The van der Waals surface area contributed by atoms with Gasteiger partial charge in [-0.25, -0.2) is 0 Å². The monoisotopic (exact) mass is 318 g/mol. The van der Waals surface area contributed by atoms with Crippen molar-refractivity contribution in [3.63, 3.8) is 0 Å². The van der Waals surface area contributed by atoms with E-state index in [0.29, 0.717) is 0 Å². The highest BCUT2D eigenvalue weighted by atomic mass is 79.9. The van der Waals surface area contributed by atoms with E-state index in [4.69, 9.17) is 0 Å². The molecular weight excluding hydrogens is 308 g/mol. The number of rotatable bonds is 2. The summed E-state index contributed by atoms with van der Waals surface area (Å²) in [6.45, 7) is 3.93. The average Bonchev–Trinajstić information content (AvgIpc) is 2.08. The largest absolute Gasteiger partial charge is 0.384 e. The highest BCUT2D eigenvalue weighted by Gasteiger charge is 2.08. The molecule has 1 aromatic rings. The lowest BCUT2D eigenvalue weighted by Crippen LogP contribution is -1.95. The summed E-state index contributed by atoms with van der Waals surface area (Å²) in [5.74, 6) is 0. The number of allylic oxidation sites excluding steroid dienone is 1. The quantitative estimate of drug-likeness (QED) is 0.809. The van der Waals surface area contributed by atoms with Gasteiger partial charge in [-0.1, -0.05) is 43.5 Å². The Hall–Kier alpha value is -0.120. The fourth-order valence-electron chi connectivity index (χ4n) is 1.15. The van der Waals surface area contributed by atoms with Crippen molar-refractivity contribution in [1.82, 2.24) is 0 Å². The van der Waals surface area contributed by atoms with Gasteiger partial charge < -0.3 is 5.11 Å². The molecule has 3 heteroatoms. The molecular formula is C11H12Br2O. The lowest BCUT2D eigenvalue weighted by atomic mass is 10.1. The number of hydrogen-bond acceptors (Lipinski definition) is 1. The Kier molecular flexibility index (Phi) is 4.35. The van der Waals surface area contributed by atoms with Gasteiger partial charge in [-0.15, -0.1) is 0 Å². The molecule has 1 atom stereocenters. The molecule has 0 fully saturated rings. The molecule has 76 valence electrons. The summed E-state index contributed by atoms with van der Waals surface area (Å²) >= 11 is 6.79. The van der Waals surface area contributed by atoms with Crippen molar-refractivity contribution in [2.24, 2.45) is 0 Å². The van der Waals surface area contributed by atoms with Crippen LogP contribution >= 0.6 is 31.9 Å². The van der Waals surface area contributed by atoms with E-state index in [9.17, 15) is 5.11 Å². The van der Waals surface area contributed by atoms with Gasteiger partial charge in [0.25, 0.3) is 0 Å². The third kappa shape index (κ3) is 3.23. The van der Waals surface area contributed by atoms with Crippen LogP contribution in [0.2, 0.25) is 0 Å². The van der Waals surface area contributed by atoms with Gasteiger partial charge in [0.1, 0.15) is 0 Å². The molecule has 0 radical (unpaired) electrons. The summed E-state index contributed by atoms with van der Waals surface area (Å²) in [4.78, 5) is 0. The van der Waals surface area contributed by atoms with E-state index >= 15 is 0 Å². The topological polar surface area (TPSA) is 20.2 Å². The fourth-order valence-corrected chi connectivity index (χ4v) is 2.01. The van der Waals surface area contributed by atoms with Crippen molar-refractivity contribution in [2.75, 3.05) is 0 Å². The molecule has 0 spiro atoms. The van der Waals surface area contributed by atoms with Crippen molar-refractivity contribution < 1.29 is 5.11 Å². The van der Waals surface area contributed by atoms with Gasteiger partial charge in [0.15, 0.2) is 0 Å². The third-order valence-electron chi connectivity index (χ3n) is 1.77. The highest BCUT2D eigenvalue weighted by molar-refractivity contribution is 9.11. The Morgan fingerprint density at radius 1 is 1.36 bits per heavy atom. The zero-order valence-corrected chi connectivity index (χ0v) is 11.3. The van der Waals surface area contributed by atoms with E-state index in [2.05, 4.69) is 31.9 Å². The second-order valence-corrected chi connectivity index (χ2v) is 5.12. The standard InChI is InChI=1S/C11H12Br2O/c1-7(2)5-11(14)9-6-8(12)3-4-10(9)13/h3-6,11,14H,1-2H3. The molecule has 0 bridgehead atoms. The molecule has 0 aromatic heterocycles. The maximum Gasteiger partial charge on any atom is 0.0985 e. The van der Waals surface area contributed by atoms with Crippen molar-refractivity contribution in [3.05, 3.63) is 44.4 Å². The summed E-state index contributed by atoms with van der Waals surface area (Å²) in [5, 5.41) is 9.87. The highest BCUT2D eigenvalue weighted by Crippen LogP contribution is 2.28. The number of hydrogen-bond donors (Lipinski definition) is 1. The van der Waals surface area contributed by atoms with Crippen LogP contribution in [-0.4, -0.2) is 5.11 Å². The van der Waals surface area contributed by atoms with Crippen molar-refractivity contribution in [3.8, 4) is 0 Å². The van der Waals surface area contributed by atoms with E-state index < -0.39 is 6.10 Å². The Balaban J connectivity index is 3.05. The minimum Gasteiger partial charge on any atom is -0.384 e. The van der Waals surface area contributed by atoms with Gasteiger partial charge in [0, 0.05) is 8.95 Å². The van der Waals surface area contributed by atoms with Crippen LogP contribution in [0.3, 0.4) is 0 Å². The maximum absolute atomic E-state index is 9.87. The van der Waals surface area contributed by atoms with Gasteiger partial charge in [-0.05, 0) is 37.6 Å². The Labute approximate surface area is 101 Å². The number of halogens is 2. The predicted molar refractivity (Wildman–Crippen MR) is 66.2 cm³/mol. The summed E-state index contributed by atoms with van der Waals surface area (Å²) in [6, 6.07) is 5.76. The molecule has 1 nitrogen and oxygen atoms in total.